The molecule has 1 heterocycles. The van der Waals surface area contributed by atoms with Gasteiger partial charge in [0.1, 0.15) is 0 Å². The zero-order valence-electron chi connectivity index (χ0n) is 14.5. The third-order valence-corrected chi connectivity index (χ3v) is 6.01. The van der Waals surface area contributed by atoms with Crippen LogP contribution in [0.4, 0.5) is 5.69 Å². The van der Waals surface area contributed by atoms with Crippen LogP contribution < -0.4 is 9.62 Å². The first-order valence-electron chi connectivity index (χ1n) is 8.45. The van der Waals surface area contributed by atoms with Crippen LogP contribution in [-0.4, -0.2) is 53.1 Å². The number of hydrogen-bond donors (Lipinski definition) is 1. The number of nitrogens with zero attached hydrogens (tertiary/aromatic N) is 2. The molecule has 0 radical (unpaired) electrons. The van der Waals surface area contributed by atoms with E-state index in [1.54, 1.807) is 18.2 Å². The summed E-state index contributed by atoms with van der Waals surface area (Å²) in [7, 11) is 0.362. The number of piperidine rings is 1. The Morgan fingerprint density at radius 1 is 1.30 bits per heavy atom. The van der Waals surface area contributed by atoms with Crippen LogP contribution in [0.2, 0.25) is 0 Å². The minimum absolute atomic E-state index is 0.328. The fraction of sp³-hybridized carbons (Fsp3) is 0.647. The molecule has 1 aliphatic rings. The monoisotopic (exact) mass is 339 g/mol. The third kappa shape index (κ3) is 4.93. The first-order valence-corrected chi connectivity index (χ1v) is 9.93. The third-order valence-electron chi connectivity index (χ3n) is 4.56. The molecule has 2 rings (SSSR count). The van der Waals surface area contributed by atoms with Gasteiger partial charge < -0.3 is 4.90 Å². The number of likely N-dealkylation sites (tertiary alicyclic amines) is 1. The van der Waals surface area contributed by atoms with Gasteiger partial charge in [0.25, 0.3) is 0 Å². The summed E-state index contributed by atoms with van der Waals surface area (Å²) < 4.78 is 27.6. The standard InChI is InChI=1S/C17H29N3O2S/c1-4-15-8-5-6-12-20(15)13-11-18-23(21,22)17-10-7-9-16(14-17)19(2)3/h7,9-10,14-15,18H,4-6,8,11-13H2,1-3H3. The lowest BCUT2D eigenvalue weighted by molar-refractivity contribution is 0.147. The second kappa shape index (κ2) is 8.13. The van der Waals surface area contributed by atoms with Gasteiger partial charge in [-0.05, 0) is 44.0 Å². The van der Waals surface area contributed by atoms with Crippen molar-refractivity contribution in [1.29, 1.82) is 0 Å². The Bertz CT molecular complexity index is 602. The normalized spacial score (nSPS) is 19.7. The molecule has 130 valence electrons. The van der Waals surface area contributed by atoms with Crippen LogP contribution in [0.5, 0.6) is 0 Å². The number of nitrogens with one attached hydrogen (secondary N) is 1. The Labute approximate surface area is 140 Å². The lowest BCUT2D eigenvalue weighted by atomic mass is 10.0. The Balaban J connectivity index is 1.95. The summed E-state index contributed by atoms with van der Waals surface area (Å²) in [6.45, 7) is 4.53. The van der Waals surface area contributed by atoms with Gasteiger partial charge in [0.15, 0.2) is 0 Å². The molecule has 23 heavy (non-hydrogen) atoms. The summed E-state index contributed by atoms with van der Waals surface area (Å²) in [5.74, 6) is 0. The molecule has 0 saturated carbocycles. The maximum atomic E-state index is 12.5. The van der Waals surface area contributed by atoms with Crippen LogP contribution in [0.1, 0.15) is 32.6 Å². The van der Waals surface area contributed by atoms with Crippen LogP contribution in [0.15, 0.2) is 29.2 Å². The summed E-state index contributed by atoms with van der Waals surface area (Å²) in [4.78, 5) is 4.65. The predicted molar refractivity (Wildman–Crippen MR) is 95.5 cm³/mol. The molecule has 0 aromatic heterocycles. The van der Waals surface area contributed by atoms with Crippen molar-refractivity contribution in [2.24, 2.45) is 0 Å². The highest BCUT2D eigenvalue weighted by molar-refractivity contribution is 7.89. The van der Waals surface area contributed by atoms with Crippen LogP contribution in [0.25, 0.3) is 0 Å². The molecule has 1 aromatic rings. The fourth-order valence-electron chi connectivity index (χ4n) is 3.15. The Hall–Kier alpha value is -1.11. The molecule has 1 N–H and O–H groups in total. The van der Waals surface area contributed by atoms with E-state index in [2.05, 4.69) is 16.5 Å². The Morgan fingerprint density at radius 3 is 2.78 bits per heavy atom. The van der Waals surface area contributed by atoms with Crippen molar-refractivity contribution in [2.45, 2.75) is 43.5 Å². The average molecular weight is 340 g/mol. The molecule has 5 nitrogen and oxygen atoms in total. The van der Waals surface area contributed by atoms with Crippen molar-refractivity contribution in [1.82, 2.24) is 9.62 Å². The quantitative estimate of drug-likeness (QED) is 0.828. The maximum Gasteiger partial charge on any atom is 0.240 e. The highest BCUT2D eigenvalue weighted by Crippen LogP contribution is 2.19. The minimum atomic E-state index is -3.44. The molecule has 1 saturated heterocycles. The zero-order valence-corrected chi connectivity index (χ0v) is 15.3. The van der Waals surface area contributed by atoms with Crippen molar-refractivity contribution in [3.8, 4) is 0 Å². The molecule has 1 aliphatic heterocycles. The van der Waals surface area contributed by atoms with Crippen molar-refractivity contribution in [3.05, 3.63) is 24.3 Å². The second-order valence-corrected chi connectivity index (χ2v) is 8.15. The van der Waals surface area contributed by atoms with Gasteiger partial charge in [-0.1, -0.05) is 19.4 Å². The van der Waals surface area contributed by atoms with Gasteiger partial charge in [0.05, 0.1) is 4.90 Å². The molecule has 0 spiro atoms. The minimum Gasteiger partial charge on any atom is -0.378 e. The fourth-order valence-corrected chi connectivity index (χ4v) is 4.21. The van der Waals surface area contributed by atoms with Crippen molar-refractivity contribution >= 4 is 15.7 Å². The maximum absolute atomic E-state index is 12.5. The lowest BCUT2D eigenvalue weighted by Gasteiger charge is -2.35. The largest absolute Gasteiger partial charge is 0.378 e. The molecule has 1 atom stereocenters. The van der Waals surface area contributed by atoms with Crippen LogP contribution in [0.3, 0.4) is 0 Å². The number of anilines is 1. The van der Waals surface area contributed by atoms with Crippen molar-refractivity contribution < 1.29 is 8.42 Å². The van der Waals surface area contributed by atoms with Gasteiger partial charge in [0, 0.05) is 38.9 Å². The van der Waals surface area contributed by atoms with Crippen LogP contribution in [0, 0.1) is 0 Å². The molecule has 1 aromatic carbocycles. The molecule has 0 aliphatic carbocycles. The Kier molecular flexibility index (Phi) is 6.44. The van der Waals surface area contributed by atoms with Gasteiger partial charge in [-0.15, -0.1) is 0 Å². The molecule has 1 fully saturated rings. The highest BCUT2D eigenvalue weighted by atomic mass is 32.2. The highest BCUT2D eigenvalue weighted by Gasteiger charge is 2.21. The molecular weight excluding hydrogens is 310 g/mol. The van der Waals surface area contributed by atoms with Crippen molar-refractivity contribution in [2.75, 3.05) is 38.6 Å². The SMILES string of the molecule is CCC1CCCCN1CCNS(=O)(=O)c1cccc(N(C)C)c1. The topological polar surface area (TPSA) is 52.7 Å². The van der Waals surface area contributed by atoms with Gasteiger partial charge in [0.2, 0.25) is 10.0 Å². The molecule has 1 unspecified atom stereocenters. The van der Waals surface area contributed by atoms with E-state index in [9.17, 15) is 8.42 Å². The first-order chi connectivity index (χ1) is 10.9. The van der Waals surface area contributed by atoms with E-state index >= 15 is 0 Å². The van der Waals surface area contributed by atoms with E-state index in [1.807, 2.05) is 25.1 Å². The average Bonchev–Trinajstić information content (AvgIpc) is 2.55. The predicted octanol–water partition coefficient (Wildman–Crippen LogP) is 2.30. The Morgan fingerprint density at radius 2 is 2.09 bits per heavy atom. The zero-order chi connectivity index (χ0) is 16.9. The van der Waals surface area contributed by atoms with Gasteiger partial charge >= 0.3 is 0 Å². The van der Waals surface area contributed by atoms with Gasteiger partial charge in [-0.3, -0.25) is 4.90 Å². The number of benzene rings is 1. The summed E-state index contributed by atoms with van der Waals surface area (Å²) in [6.07, 6.45) is 4.87. The first kappa shape index (κ1) is 18.2. The van der Waals surface area contributed by atoms with E-state index in [-0.39, 0.29) is 0 Å². The molecule has 0 bridgehead atoms. The summed E-state index contributed by atoms with van der Waals surface area (Å²) in [6, 6.07) is 7.63. The van der Waals surface area contributed by atoms with E-state index in [0.717, 1.165) is 25.2 Å². The molecular formula is C17H29N3O2S. The van der Waals surface area contributed by atoms with Crippen LogP contribution >= 0.6 is 0 Å². The van der Waals surface area contributed by atoms with E-state index in [0.29, 0.717) is 17.5 Å². The van der Waals surface area contributed by atoms with Gasteiger partial charge in [-0.25, -0.2) is 13.1 Å². The molecule has 0 amide bonds. The van der Waals surface area contributed by atoms with E-state index in [4.69, 9.17) is 0 Å². The van der Waals surface area contributed by atoms with E-state index in [1.165, 1.54) is 19.3 Å². The number of rotatable bonds is 7. The van der Waals surface area contributed by atoms with E-state index < -0.39 is 10.0 Å². The number of hydrogen-bond acceptors (Lipinski definition) is 4. The van der Waals surface area contributed by atoms with Crippen molar-refractivity contribution in [3.63, 3.8) is 0 Å². The summed E-state index contributed by atoms with van der Waals surface area (Å²) in [5.41, 5.74) is 0.884. The van der Waals surface area contributed by atoms with Gasteiger partial charge in [-0.2, -0.15) is 0 Å². The number of sulfonamides is 1. The summed E-state index contributed by atoms with van der Waals surface area (Å²) >= 11 is 0. The van der Waals surface area contributed by atoms with Crippen LogP contribution in [-0.2, 0) is 10.0 Å². The summed E-state index contributed by atoms with van der Waals surface area (Å²) in [5, 5.41) is 0. The molecule has 6 heteroatoms. The lowest BCUT2D eigenvalue weighted by Crippen LogP contribution is -2.43. The second-order valence-electron chi connectivity index (χ2n) is 6.38. The smallest absolute Gasteiger partial charge is 0.240 e.